The predicted octanol–water partition coefficient (Wildman–Crippen LogP) is 3.74. The van der Waals surface area contributed by atoms with Gasteiger partial charge in [-0.15, -0.1) is 0 Å². The second-order valence-electron chi connectivity index (χ2n) is 6.52. The van der Waals surface area contributed by atoms with Crippen LogP contribution in [-0.4, -0.2) is 25.0 Å². The van der Waals surface area contributed by atoms with Crippen molar-refractivity contribution in [1.82, 2.24) is 10.6 Å². The second kappa shape index (κ2) is 10.7. The van der Waals surface area contributed by atoms with Gasteiger partial charge in [0.05, 0.1) is 19.0 Å². The van der Waals surface area contributed by atoms with Crippen molar-refractivity contribution >= 4 is 11.8 Å². The van der Waals surface area contributed by atoms with Crippen molar-refractivity contribution in [3.8, 4) is 5.75 Å². The summed E-state index contributed by atoms with van der Waals surface area (Å²) in [4.78, 5) is 25.0. The molecule has 5 heteroatoms. The van der Waals surface area contributed by atoms with Gasteiger partial charge in [0.2, 0.25) is 5.91 Å². The van der Waals surface area contributed by atoms with Crippen LogP contribution in [0.3, 0.4) is 0 Å². The molecule has 0 aromatic heterocycles. The fraction of sp³-hybridized carbons (Fsp3) is 0.167. The summed E-state index contributed by atoms with van der Waals surface area (Å²) in [5, 5.41) is 5.82. The molecule has 0 saturated carbocycles. The number of carbonyl (C=O) groups is 2. The average molecular weight is 388 g/mol. The van der Waals surface area contributed by atoms with E-state index < -0.39 is 6.04 Å². The van der Waals surface area contributed by atoms with Crippen molar-refractivity contribution in [3.05, 3.63) is 102 Å². The summed E-state index contributed by atoms with van der Waals surface area (Å²) in [6.45, 7) is 0.768. The van der Waals surface area contributed by atoms with Crippen LogP contribution in [-0.2, 0) is 4.79 Å². The summed E-state index contributed by atoms with van der Waals surface area (Å²) in [6, 6.07) is 27.5. The van der Waals surface area contributed by atoms with Crippen LogP contribution in [0, 0.1) is 0 Å². The average Bonchev–Trinajstić information content (AvgIpc) is 2.78. The zero-order valence-corrected chi connectivity index (χ0v) is 16.1. The van der Waals surface area contributed by atoms with Gasteiger partial charge in [0.1, 0.15) is 12.4 Å². The SMILES string of the molecule is O=C(C[C@@H](NC(=O)c1ccccc1)c1ccccc1)NCCOc1ccccc1. The maximum atomic E-state index is 12.6. The van der Waals surface area contributed by atoms with E-state index >= 15 is 0 Å². The number of carbonyl (C=O) groups excluding carboxylic acids is 2. The summed E-state index contributed by atoms with van der Waals surface area (Å²) in [5.41, 5.74) is 1.44. The van der Waals surface area contributed by atoms with Crippen molar-refractivity contribution in [2.45, 2.75) is 12.5 Å². The molecule has 0 aliphatic heterocycles. The van der Waals surface area contributed by atoms with E-state index in [1.807, 2.05) is 78.9 Å². The molecular formula is C24H24N2O3. The van der Waals surface area contributed by atoms with E-state index in [1.165, 1.54) is 0 Å². The first kappa shape index (κ1) is 20.1. The van der Waals surface area contributed by atoms with E-state index in [0.29, 0.717) is 18.7 Å². The number of para-hydroxylation sites is 1. The van der Waals surface area contributed by atoms with Crippen LogP contribution >= 0.6 is 0 Å². The molecular weight excluding hydrogens is 364 g/mol. The maximum absolute atomic E-state index is 12.6. The van der Waals surface area contributed by atoms with E-state index in [2.05, 4.69) is 10.6 Å². The summed E-state index contributed by atoms with van der Waals surface area (Å²) >= 11 is 0. The van der Waals surface area contributed by atoms with E-state index in [-0.39, 0.29) is 18.2 Å². The Morgan fingerprint density at radius 1 is 0.793 bits per heavy atom. The lowest BCUT2D eigenvalue weighted by Gasteiger charge is -2.19. The van der Waals surface area contributed by atoms with E-state index in [4.69, 9.17) is 4.74 Å². The highest BCUT2D eigenvalue weighted by molar-refractivity contribution is 5.94. The molecule has 0 aliphatic rings. The minimum Gasteiger partial charge on any atom is -0.492 e. The minimum absolute atomic E-state index is 0.147. The first-order valence-electron chi connectivity index (χ1n) is 9.58. The van der Waals surface area contributed by atoms with Gasteiger partial charge in [-0.3, -0.25) is 9.59 Å². The van der Waals surface area contributed by atoms with Crippen LogP contribution in [0.4, 0.5) is 0 Å². The van der Waals surface area contributed by atoms with Crippen LogP contribution in [0.15, 0.2) is 91.0 Å². The van der Waals surface area contributed by atoms with E-state index in [0.717, 1.165) is 11.3 Å². The molecule has 29 heavy (non-hydrogen) atoms. The smallest absolute Gasteiger partial charge is 0.251 e. The molecule has 3 aromatic carbocycles. The van der Waals surface area contributed by atoms with Crippen LogP contribution in [0.1, 0.15) is 28.4 Å². The van der Waals surface area contributed by atoms with Gasteiger partial charge in [0.15, 0.2) is 0 Å². The quantitative estimate of drug-likeness (QED) is 0.549. The van der Waals surface area contributed by atoms with Crippen molar-refractivity contribution in [2.24, 2.45) is 0 Å². The molecule has 3 rings (SSSR count). The van der Waals surface area contributed by atoms with Crippen molar-refractivity contribution in [3.63, 3.8) is 0 Å². The molecule has 3 aromatic rings. The summed E-state index contributed by atoms with van der Waals surface area (Å²) in [5.74, 6) is 0.405. The summed E-state index contributed by atoms with van der Waals surface area (Å²) < 4.78 is 5.58. The zero-order valence-electron chi connectivity index (χ0n) is 16.1. The molecule has 0 radical (unpaired) electrons. The van der Waals surface area contributed by atoms with Crippen molar-refractivity contribution in [1.29, 1.82) is 0 Å². The van der Waals surface area contributed by atoms with Gasteiger partial charge in [0, 0.05) is 5.56 Å². The second-order valence-corrected chi connectivity index (χ2v) is 6.52. The molecule has 148 valence electrons. The molecule has 0 spiro atoms. The van der Waals surface area contributed by atoms with Gasteiger partial charge in [-0.1, -0.05) is 66.7 Å². The lowest BCUT2D eigenvalue weighted by atomic mass is 10.0. The molecule has 0 saturated heterocycles. The number of ether oxygens (including phenoxy) is 1. The number of amides is 2. The van der Waals surface area contributed by atoms with Crippen molar-refractivity contribution in [2.75, 3.05) is 13.2 Å². The number of benzene rings is 3. The Hall–Kier alpha value is -3.60. The van der Waals surface area contributed by atoms with Crippen LogP contribution in [0.5, 0.6) is 5.75 Å². The Labute approximate surface area is 170 Å². The maximum Gasteiger partial charge on any atom is 0.251 e. The molecule has 2 N–H and O–H groups in total. The first-order valence-corrected chi connectivity index (χ1v) is 9.58. The number of nitrogens with one attached hydrogen (secondary N) is 2. The number of rotatable bonds is 9. The highest BCUT2D eigenvalue weighted by Gasteiger charge is 2.19. The third kappa shape index (κ3) is 6.50. The highest BCUT2D eigenvalue weighted by Crippen LogP contribution is 2.17. The fourth-order valence-electron chi connectivity index (χ4n) is 2.90. The van der Waals surface area contributed by atoms with Crippen LogP contribution < -0.4 is 15.4 Å². The van der Waals surface area contributed by atoms with Gasteiger partial charge >= 0.3 is 0 Å². The lowest BCUT2D eigenvalue weighted by Crippen LogP contribution is -2.35. The van der Waals surface area contributed by atoms with Gasteiger partial charge in [-0.05, 0) is 29.8 Å². The molecule has 2 amide bonds. The number of hydrogen-bond acceptors (Lipinski definition) is 3. The monoisotopic (exact) mass is 388 g/mol. The number of hydrogen-bond donors (Lipinski definition) is 2. The van der Waals surface area contributed by atoms with Crippen molar-refractivity contribution < 1.29 is 14.3 Å². The molecule has 5 nitrogen and oxygen atoms in total. The van der Waals surface area contributed by atoms with Gasteiger partial charge in [0.25, 0.3) is 5.91 Å². The molecule has 1 atom stereocenters. The Bertz CT molecular complexity index is 899. The lowest BCUT2D eigenvalue weighted by molar-refractivity contribution is -0.121. The highest BCUT2D eigenvalue weighted by atomic mass is 16.5. The summed E-state index contributed by atoms with van der Waals surface area (Å²) in [6.07, 6.45) is 0.147. The predicted molar refractivity (Wildman–Crippen MR) is 113 cm³/mol. The molecule has 0 fully saturated rings. The Balaban J connectivity index is 1.55. The molecule has 0 bridgehead atoms. The van der Waals surface area contributed by atoms with Gasteiger partial charge in [-0.2, -0.15) is 0 Å². The standard InChI is InChI=1S/C24H24N2O3/c27-23(25-16-17-29-21-14-8-3-9-15-21)18-22(19-10-4-1-5-11-19)26-24(28)20-12-6-2-7-13-20/h1-15,22H,16-18H2,(H,25,27)(H,26,28)/t22-/m1/s1. The fourth-order valence-corrected chi connectivity index (χ4v) is 2.90. The van der Waals surface area contributed by atoms with Crippen LogP contribution in [0.25, 0.3) is 0 Å². The topological polar surface area (TPSA) is 67.4 Å². The third-order valence-corrected chi connectivity index (χ3v) is 4.37. The molecule has 0 unspecified atom stereocenters. The first-order chi connectivity index (χ1) is 14.2. The van der Waals surface area contributed by atoms with E-state index in [1.54, 1.807) is 12.1 Å². The third-order valence-electron chi connectivity index (χ3n) is 4.37. The molecule has 0 heterocycles. The van der Waals surface area contributed by atoms with E-state index in [9.17, 15) is 9.59 Å². The largest absolute Gasteiger partial charge is 0.492 e. The zero-order chi connectivity index (χ0) is 20.3. The van der Waals surface area contributed by atoms with Crippen LogP contribution in [0.2, 0.25) is 0 Å². The Morgan fingerprint density at radius 3 is 2.03 bits per heavy atom. The summed E-state index contributed by atoms with van der Waals surface area (Å²) in [7, 11) is 0. The minimum atomic E-state index is -0.418. The Morgan fingerprint density at radius 2 is 1.38 bits per heavy atom. The normalized spacial score (nSPS) is 11.3. The van der Waals surface area contributed by atoms with Gasteiger partial charge < -0.3 is 15.4 Å². The Kier molecular flexibility index (Phi) is 7.41. The van der Waals surface area contributed by atoms with Gasteiger partial charge in [-0.25, -0.2) is 0 Å². The molecule has 0 aliphatic carbocycles.